The number of unbranched alkanes of at least 4 members (excludes halogenated alkanes) is 1. The number of ether oxygens (including phenoxy) is 1. The second-order valence-electron chi connectivity index (χ2n) is 3.54. The number of amides is 1. The average Bonchev–Trinajstić information content (AvgIpc) is 2.35. The molecule has 18 heavy (non-hydrogen) atoms. The number of benzene rings is 1. The van der Waals surface area contributed by atoms with Crippen LogP contribution in [-0.4, -0.2) is 17.8 Å². The molecule has 0 spiro atoms. The van der Waals surface area contributed by atoms with Gasteiger partial charge in [0.05, 0.1) is 6.61 Å². The zero-order chi connectivity index (χ0) is 13.4. The van der Waals surface area contributed by atoms with Crippen LogP contribution in [0.3, 0.4) is 0 Å². The fourth-order valence-corrected chi connectivity index (χ4v) is 1.33. The number of hydrogen-bond donors (Lipinski definition) is 2. The van der Waals surface area contributed by atoms with E-state index in [0.29, 0.717) is 19.4 Å². The van der Waals surface area contributed by atoms with Crippen molar-refractivity contribution in [2.24, 2.45) is 0 Å². The lowest BCUT2D eigenvalue weighted by Crippen LogP contribution is -2.20. The van der Waals surface area contributed by atoms with Crippen LogP contribution in [0.5, 0.6) is 5.75 Å². The minimum absolute atomic E-state index is 0.0945. The highest BCUT2D eigenvalue weighted by molar-refractivity contribution is 5.64. The Labute approximate surface area is 105 Å². The first-order valence-corrected chi connectivity index (χ1v) is 5.45. The number of halogens is 1. The van der Waals surface area contributed by atoms with E-state index in [9.17, 15) is 9.18 Å². The Kier molecular flexibility index (Phi) is 5.52. The van der Waals surface area contributed by atoms with Gasteiger partial charge >= 0.3 is 6.09 Å². The van der Waals surface area contributed by atoms with Crippen molar-refractivity contribution in [2.75, 3.05) is 6.61 Å². The first-order chi connectivity index (χ1) is 8.65. The highest BCUT2D eigenvalue weighted by Gasteiger charge is 2.09. The van der Waals surface area contributed by atoms with Crippen molar-refractivity contribution < 1.29 is 19.0 Å². The van der Waals surface area contributed by atoms with E-state index in [1.807, 2.05) is 0 Å². The second kappa shape index (κ2) is 7.17. The van der Waals surface area contributed by atoms with E-state index in [1.165, 1.54) is 12.1 Å². The Morgan fingerprint density at radius 1 is 1.56 bits per heavy atom. The molecule has 0 fully saturated rings. The van der Waals surface area contributed by atoms with E-state index in [0.717, 1.165) is 0 Å². The maximum atomic E-state index is 13.8. The van der Waals surface area contributed by atoms with Gasteiger partial charge in [0.15, 0.2) is 11.6 Å². The summed E-state index contributed by atoms with van der Waals surface area (Å²) >= 11 is 0. The van der Waals surface area contributed by atoms with Crippen LogP contribution in [0.15, 0.2) is 18.2 Å². The van der Waals surface area contributed by atoms with E-state index >= 15 is 0 Å². The molecule has 0 aromatic heterocycles. The first kappa shape index (κ1) is 13.8. The van der Waals surface area contributed by atoms with Crippen LogP contribution in [-0.2, 0) is 6.54 Å². The number of hydrogen-bond acceptors (Lipinski definition) is 2. The van der Waals surface area contributed by atoms with Crippen LogP contribution in [0, 0.1) is 18.2 Å². The molecule has 2 N–H and O–H groups in total. The first-order valence-electron chi connectivity index (χ1n) is 5.45. The van der Waals surface area contributed by atoms with Crippen molar-refractivity contribution >= 4 is 6.09 Å². The molecule has 0 saturated heterocycles. The van der Waals surface area contributed by atoms with Crippen molar-refractivity contribution in [3.05, 3.63) is 29.6 Å². The van der Waals surface area contributed by atoms with Gasteiger partial charge in [-0.2, -0.15) is 0 Å². The summed E-state index contributed by atoms with van der Waals surface area (Å²) in [4.78, 5) is 10.3. The molecule has 0 aliphatic carbocycles. The molecule has 0 unspecified atom stereocenters. The molecule has 1 aromatic rings. The molecule has 1 amide bonds. The number of rotatable bonds is 6. The van der Waals surface area contributed by atoms with Crippen LogP contribution in [0.25, 0.3) is 0 Å². The van der Waals surface area contributed by atoms with E-state index in [-0.39, 0.29) is 17.9 Å². The SMILES string of the molecule is C#CCCCOc1cccc(CNC(=O)O)c1F. The Morgan fingerprint density at radius 3 is 3.00 bits per heavy atom. The summed E-state index contributed by atoms with van der Waals surface area (Å²) in [5, 5.41) is 10.6. The van der Waals surface area contributed by atoms with E-state index in [2.05, 4.69) is 11.2 Å². The van der Waals surface area contributed by atoms with E-state index in [1.54, 1.807) is 6.07 Å². The number of carboxylic acid groups (broad SMARTS) is 1. The summed E-state index contributed by atoms with van der Waals surface area (Å²) in [6.07, 6.45) is 5.10. The molecule has 1 rings (SSSR count). The van der Waals surface area contributed by atoms with Crippen LogP contribution >= 0.6 is 0 Å². The van der Waals surface area contributed by atoms with Gasteiger partial charge in [-0.25, -0.2) is 9.18 Å². The maximum Gasteiger partial charge on any atom is 0.404 e. The van der Waals surface area contributed by atoms with E-state index < -0.39 is 11.9 Å². The van der Waals surface area contributed by atoms with E-state index in [4.69, 9.17) is 16.3 Å². The summed E-state index contributed by atoms with van der Waals surface area (Å²) in [5.74, 6) is 2.02. The lowest BCUT2D eigenvalue weighted by molar-refractivity contribution is 0.193. The molecule has 0 radical (unpaired) electrons. The summed E-state index contributed by atoms with van der Waals surface area (Å²) in [7, 11) is 0. The van der Waals surface area contributed by atoms with Gasteiger partial charge < -0.3 is 15.2 Å². The molecule has 0 saturated carbocycles. The topological polar surface area (TPSA) is 58.6 Å². The monoisotopic (exact) mass is 251 g/mol. The number of carbonyl (C=O) groups is 1. The smallest absolute Gasteiger partial charge is 0.404 e. The average molecular weight is 251 g/mol. The lowest BCUT2D eigenvalue weighted by Gasteiger charge is -2.09. The zero-order valence-electron chi connectivity index (χ0n) is 9.78. The van der Waals surface area contributed by atoms with Gasteiger partial charge in [0.25, 0.3) is 0 Å². The fourth-order valence-electron chi connectivity index (χ4n) is 1.33. The predicted octanol–water partition coefficient (Wildman–Crippen LogP) is 2.39. The van der Waals surface area contributed by atoms with Gasteiger partial charge in [-0.3, -0.25) is 0 Å². The van der Waals surface area contributed by atoms with Crippen LogP contribution in [0.4, 0.5) is 9.18 Å². The molecule has 1 aromatic carbocycles. The Morgan fingerprint density at radius 2 is 2.33 bits per heavy atom. The third-order valence-electron chi connectivity index (χ3n) is 2.20. The van der Waals surface area contributed by atoms with Crippen molar-refractivity contribution in [3.8, 4) is 18.1 Å². The van der Waals surface area contributed by atoms with Crippen LogP contribution < -0.4 is 10.1 Å². The third kappa shape index (κ3) is 4.34. The fraction of sp³-hybridized carbons (Fsp3) is 0.308. The van der Waals surface area contributed by atoms with Crippen LogP contribution in [0.1, 0.15) is 18.4 Å². The summed E-state index contributed by atoms with van der Waals surface area (Å²) in [5.41, 5.74) is 0.242. The zero-order valence-corrected chi connectivity index (χ0v) is 9.78. The number of nitrogens with one attached hydrogen (secondary N) is 1. The predicted molar refractivity (Wildman–Crippen MR) is 64.8 cm³/mol. The Balaban J connectivity index is 2.61. The van der Waals surface area contributed by atoms with Crippen molar-refractivity contribution in [2.45, 2.75) is 19.4 Å². The quantitative estimate of drug-likeness (QED) is 0.603. The molecule has 0 heterocycles. The molecular weight excluding hydrogens is 237 g/mol. The van der Waals surface area contributed by atoms with Gasteiger partial charge in [0.2, 0.25) is 0 Å². The second-order valence-corrected chi connectivity index (χ2v) is 3.54. The highest BCUT2D eigenvalue weighted by Crippen LogP contribution is 2.20. The molecule has 0 aliphatic rings. The van der Waals surface area contributed by atoms with Crippen molar-refractivity contribution in [1.82, 2.24) is 5.32 Å². The molecule has 5 heteroatoms. The number of terminal acetylenes is 1. The molecule has 0 aliphatic heterocycles. The standard InChI is InChI=1S/C13H14FNO3/c1-2-3-4-8-18-11-7-5-6-10(12(11)14)9-15-13(16)17/h1,5-7,15H,3-4,8-9H2,(H,16,17). The normalized spacial score (nSPS) is 9.56. The summed E-state index contributed by atoms with van der Waals surface area (Å²) in [6.45, 7) is 0.236. The third-order valence-corrected chi connectivity index (χ3v) is 2.20. The molecule has 0 atom stereocenters. The molecule has 0 bridgehead atoms. The minimum Gasteiger partial charge on any atom is -0.490 e. The van der Waals surface area contributed by atoms with Crippen LogP contribution in [0.2, 0.25) is 0 Å². The maximum absolute atomic E-state index is 13.8. The molecule has 4 nitrogen and oxygen atoms in total. The van der Waals surface area contributed by atoms with Gasteiger partial charge in [-0.1, -0.05) is 12.1 Å². The summed E-state index contributed by atoms with van der Waals surface area (Å²) in [6, 6.07) is 4.60. The molecule has 96 valence electrons. The molecular formula is C13H14FNO3. The van der Waals surface area contributed by atoms with Gasteiger partial charge in [-0.05, 0) is 12.5 Å². The van der Waals surface area contributed by atoms with Crippen molar-refractivity contribution in [1.29, 1.82) is 0 Å². The van der Waals surface area contributed by atoms with Gasteiger partial charge in [0.1, 0.15) is 0 Å². The lowest BCUT2D eigenvalue weighted by atomic mass is 10.2. The largest absolute Gasteiger partial charge is 0.490 e. The summed E-state index contributed by atoms with van der Waals surface area (Å²) < 4.78 is 19.1. The van der Waals surface area contributed by atoms with Gasteiger partial charge in [0, 0.05) is 18.5 Å². The van der Waals surface area contributed by atoms with Crippen molar-refractivity contribution in [3.63, 3.8) is 0 Å². The Hall–Kier alpha value is -2.22. The minimum atomic E-state index is -1.20. The van der Waals surface area contributed by atoms with Gasteiger partial charge in [-0.15, -0.1) is 12.3 Å². The highest BCUT2D eigenvalue weighted by atomic mass is 19.1. The Bertz CT molecular complexity index is 454.